The monoisotopic (exact) mass is 412 g/mol. The van der Waals surface area contributed by atoms with Crippen LogP contribution in [0.5, 0.6) is 0 Å². The molecule has 0 spiro atoms. The normalized spacial score (nSPS) is 10.5. The second-order valence-electron chi connectivity index (χ2n) is 6.39. The molecule has 0 fully saturated rings. The van der Waals surface area contributed by atoms with E-state index in [1.807, 2.05) is 61.5 Å². The summed E-state index contributed by atoms with van der Waals surface area (Å²) >= 11 is 7.33. The van der Waals surface area contributed by atoms with Gasteiger partial charge in [0.15, 0.2) is 0 Å². The number of rotatable bonds is 6. The Morgan fingerprint density at radius 2 is 1.75 bits per heavy atom. The Morgan fingerprint density at radius 1 is 1.04 bits per heavy atom. The summed E-state index contributed by atoms with van der Waals surface area (Å²) in [4.78, 5) is 28.1. The van der Waals surface area contributed by atoms with Crippen molar-refractivity contribution in [1.29, 1.82) is 0 Å². The summed E-state index contributed by atoms with van der Waals surface area (Å²) in [5, 5.41) is 3.57. The van der Waals surface area contributed by atoms with Gasteiger partial charge in [-0.3, -0.25) is 9.59 Å². The molecule has 1 N–H and O–H groups in total. The number of likely N-dealkylation sites (N-methyl/N-ethyl adjacent to an activating group) is 1. The van der Waals surface area contributed by atoms with E-state index >= 15 is 0 Å². The molecule has 0 bridgehead atoms. The average Bonchev–Trinajstić information content (AvgIpc) is 3.18. The lowest BCUT2D eigenvalue weighted by atomic mass is 10.1. The fourth-order valence-electron chi connectivity index (χ4n) is 2.84. The molecular formula is C22H21ClN2O2S. The molecule has 0 saturated carbocycles. The maximum absolute atomic E-state index is 12.7. The third-order valence-corrected chi connectivity index (χ3v) is 5.72. The number of amides is 2. The molecule has 28 heavy (non-hydrogen) atoms. The van der Waals surface area contributed by atoms with Crippen LogP contribution in [0.4, 0.5) is 5.69 Å². The Labute approximate surface area is 173 Å². The molecule has 144 valence electrons. The smallest absolute Gasteiger partial charge is 0.264 e. The Morgan fingerprint density at radius 3 is 2.46 bits per heavy atom. The first-order chi connectivity index (χ1) is 13.5. The maximum Gasteiger partial charge on any atom is 0.264 e. The number of nitrogens with zero attached hydrogens (tertiary/aromatic N) is 1. The lowest BCUT2D eigenvalue weighted by molar-refractivity contribution is -0.116. The third kappa shape index (κ3) is 4.80. The predicted octanol–water partition coefficient (Wildman–Crippen LogP) is 5.34. The Balaban J connectivity index is 1.64. The van der Waals surface area contributed by atoms with Gasteiger partial charge in [-0.2, -0.15) is 0 Å². The number of nitrogens with one attached hydrogen (secondary N) is 1. The van der Waals surface area contributed by atoms with Crippen molar-refractivity contribution in [2.24, 2.45) is 0 Å². The largest absolute Gasteiger partial charge is 0.332 e. The number of halogens is 1. The van der Waals surface area contributed by atoms with Crippen molar-refractivity contribution < 1.29 is 9.59 Å². The number of hydrogen-bond acceptors (Lipinski definition) is 3. The number of anilines is 1. The number of aryl methyl sites for hydroxylation is 1. The van der Waals surface area contributed by atoms with Crippen molar-refractivity contribution in [3.63, 3.8) is 0 Å². The van der Waals surface area contributed by atoms with E-state index in [4.69, 9.17) is 11.6 Å². The fourth-order valence-corrected chi connectivity index (χ4v) is 3.97. The molecule has 2 amide bonds. The van der Waals surface area contributed by atoms with E-state index in [1.54, 1.807) is 13.1 Å². The quantitative estimate of drug-likeness (QED) is 0.593. The van der Waals surface area contributed by atoms with E-state index in [1.165, 1.54) is 16.2 Å². The molecule has 3 rings (SSSR count). The van der Waals surface area contributed by atoms with E-state index in [2.05, 4.69) is 5.32 Å². The van der Waals surface area contributed by atoms with Gasteiger partial charge in [0.1, 0.15) is 0 Å². The van der Waals surface area contributed by atoms with Crippen LogP contribution in [-0.4, -0.2) is 30.3 Å². The molecule has 6 heteroatoms. The second-order valence-corrected chi connectivity index (χ2v) is 7.91. The summed E-state index contributed by atoms with van der Waals surface area (Å²) in [6.07, 6.45) is 0.827. The van der Waals surface area contributed by atoms with Crippen molar-refractivity contribution in [3.05, 3.63) is 76.1 Å². The first-order valence-corrected chi connectivity index (χ1v) is 10.2. The first-order valence-electron chi connectivity index (χ1n) is 8.97. The summed E-state index contributed by atoms with van der Waals surface area (Å²) in [6.45, 7) is 2.03. The van der Waals surface area contributed by atoms with Gasteiger partial charge in [-0.15, -0.1) is 11.3 Å². The second kappa shape index (κ2) is 9.04. The number of para-hydroxylation sites is 1. The van der Waals surface area contributed by atoms with Crippen LogP contribution < -0.4 is 5.32 Å². The summed E-state index contributed by atoms with van der Waals surface area (Å²) < 4.78 is 0. The topological polar surface area (TPSA) is 49.4 Å². The molecule has 1 heterocycles. The lowest BCUT2D eigenvalue weighted by Crippen LogP contribution is -2.34. The maximum atomic E-state index is 12.7. The van der Waals surface area contributed by atoms with Gasteiger partial charge in [0.05, 0.1) is 11.4 Å². The molecule has 0 atom stereocenters. The highest BCUT2D eigenvalue weighted by Gasteiger charge is 2.18. The van der Waals surface area contributed by atoms with Crippen LogP contribution in [-0.2, 0) is 11.2 Å². The van der Waals surface area contributed by atoms with E-state index in [0.717, 1.165) is 28.1 Å². The standard InChI is InChI=1S/C22H21ClN2O2S/c1-3-15-6-4-5-7-18(15)24-21(26)14-25(2)22(27)20-13-12-19(28-20)16-8-10-17(23)11-9-16/h4-13H,3,14H2,1-2H3,(H,24,26). The third-order valence-electron chi connectivity index (χ3n) is 4.35. The van der Waals surface area contributed by atoms with Crippen LogP contribution in [0.25, 0.3) is 10.4 Å². The van der Waals surface area contributed by atoms with Crippen molar-refractivity contribution in [2.45, 2.75) is 13.3 Å². The fraction of sp³-hybridized carbons (Fsp3) is 0.182. The highest BCUT2D eigenvalue weighted by atomic mass is 35.5. The molecule has 0 saturated heterocycles. The zero-order valence-corrected chi connectivity index (χ0v) is 17.3. The minimum absolute atomic E-state index is 0.00887. The summed E-state index contributed by atoms with van der Waals surface area (Å²) in [5.74, 6) is -0.393. The van der Waals surface area contributed by atoms with Crippen molar-refractivity contribution >= 4 is 40.4 Å². The van der Waals surface area contributed by atoms with E-state index in [-0.39, 0.29) is 18.4 Å². The molecular weight excluding hydrogens is 392 g/mol. The SMILES string of the molecule is CCc1ccccc1NC(=O)CN(C)C(=O)c1ccc(-c2ccc(Cl)cc2)s1. The van der Waals surface area contributed by atoms with Crippen LogP contribution in [0.2, 0.25) is 5.02 Å². The highest BCUT2D eigenvalue weighted by Crippen LogP contribution is 2.29. The van der Waals surface area contributed by atoms with Gasteiger partial charge in [-0.1, -0.05) is 48.9 Å². The van der Waals surface area contributed by atoms with Gasteiger partial charge in [-0.25, -0.2) is 0 Å². The van der Waals surface area contributed by atoms with Crippen LogP contribution in [0.3, 0.4) is 0 Å². The zero-order valence-electron chi connectivity index (χ0n) is 15.7. The van der Waals surface area contributed by atoms with E-state index in [0.29, 0.717) is 9.90 Å². The van der Waals surface area contributed by atoms with Crippen molar-refractivity contribution in [3.8, 4) is 10.4 Å². The summed E-state index contributed by atoms with van der Waals surface area (Å²) in [5.41, 5.74) is 2.86. The van der Waals surface area contributed by atoms with Crippen molar-refractivity contribution in [2.75, 3.05) is 18.9 Å². The van der Waals surface area contributed by atoms with Crippen LogP contribution in [0, 0.1) is 0 Å². The summed E-state index contributed by atoms with van der Waals surface area (Å²) in [6, 6.07) is 18.9. The number of hydrogen-bond donors (Lipinski definition) is 1. The molecule has 0 radical (unpaired) electrons. The minimum atomic E-state index is -0.216. The average molecular weight is 413 g/mol. The van der Waals surface area contributed by atoms with Gasteiger partial charge in [-0.05, 0) is 47.9 Å². The molecule has 0 unspecified atom stereocenters. The van der Waals surface area contributed by atoms with E-state index < -0.39 is 0 Å². The molecule has 0 aliphatic heterocycles. The van der Waals surface area contributed by atoms with Crippen LogP contribution in [0.1, 0.15) is 22.2 Å². The number of carbonyl (C=O) groups is 2. The number of carbonyl (C=O) groups excluding carboxylic acids is 2. The Kier molecular flexibility index (Phi) is 6.49. The van der Waals surface area contributed by atoms with Crippen LogP contribution in [0.15, 0.2) is 60.7 Å². The minimum Gasteiger partial charge on any atom is -0.332 e. The predicted molar refractivity (Wildman–Crippen MR) is 116 cm³/mol. The Hall–Kier alpha value is -2.63. The lowest BCUT2D eigenvalue weighted by Gasteiger charge is -2.17. The van der Waals surface area contributed by atoms with Gasteiger partial charge >= 0.3 is 0 Å². The molecule has 2 aromatic carbocycles. The molecule has 0 aliphatic rings. The van der Waals surface area contributed by atoms with Crippen molar-refractivity contribution in [1.82, 2.24) is 4.90 Å². The van der Waals surface area contributed by atoms with Gasteiger partial charge in [0.2, 0.25) is 5.91 Å². The zero-order chi connectivity index (χ0) is 20.1. The van der Waals surface area contributed by atoms with Gasteiger partial charge in [0.25, 0.3) is 5.91 Å². The van der Waals surface area contributed by atoms with Crippen LogP contribution >= 0.6 is 22.9 Å². The number of thiophene rings is 1. The van der Waals surface area contributed by atoms with Gasteiger partial charge in [0, 0.05) is 22.6 Å². The molecule has 4 nitrogen and oxygen atoms in total. The molecule has 0 aliphatic carbocycles. The van der Waals surface area contributed by atoms with Gasteiger partial charge < -0.3 is 10.2 Å². The number of benzene rings is 2. The molecule has 1 aromatic heterocycles. The first kappa shape index (κ1) is 20.1. The van der Waals surface area contributed by atoms with E-state index in [9.17, 15) is 9.59 Å². The molecule has 3 aromatic rings. The Bertz CT molecular complexity index is 982. The summed E-state index contributed by atoms with van der Waals surface area (Å²) in [7, 11) is 1.63. The highest BCUT2D eigenvalue weighted by molar-refractivity contribution is 7.17.